The van der Waals surface area contributed by atoms with Crippen LogP contribution in [0, 0.1) is 6.92 Å². The van der Waals surface area contributed by atoms with Crippen molar-refractivity contribution in [1.82, 2.24) is 4.98 Å². The fraction of sp³-hybridized carbons (Fsp3) is 0.0833. The average Bonchev–Trinajstić information content (AvgIpc) is 3.19. The van der Waals surface area contributed by atoms with Crippen LogP contribution in [-0.2, 0) is 4.79 Å². The van der Waals surface area contributed by atoms with Crippen molar-refractivity contribution in [3.05, 3.63) is 89.1 Å². The zero-order valence-corrected chi connectivity index (χ0v) is 17.5. The fourth-order valence-corrected chi connectivity index (χ4v) is 3.42. The summed E-state index contributed by atoms with van der Waals surface area (Å²) >= 11 is 5.94. The molecule has 156 valence electrons. The number of rotatable bonds is 6. The first-order chi connectivity index (χ1) is 15.0. The fourth-order valence-electron chi connectivity index (χ4n) is 3.19. The molecule has 3 aromatic carbocycles. The second-order valence-electron chi connectivity index (χ2n) is 7.02. The standard InChI is InChI=1S/C24H20ClN3O3/c1-15-12-17(25)10-11-22(15)31-14-23(29)27-19-8-4-5-9-20(19)28-24(30)21-13-16-6-2-3-7-18(16)26-21/h2-13,26H,14H2,1H3,(H,27,29)(H,28,30). The van der Waals surface area contributed by atoms with Crippen LogP contribution in [0.15, 0.2) is 72.8 Å². The highest BCUT2D eigenvalue weighted by Gasteiger charge is 2.13. The van der Waals surface area contributed by atoms with Crippen molar-refractivity contribution in [2.24, 2.45) is 0 Å². The van der Waals surface area contributed by atoms with Crippen LogP contribution in [0.2, 0.25) is 5.02 Å². The Morgan fingerprint density at radius 1 is 0.935 bits per heavy atom. The number of H-pyrrole nitrogens is 1. The lowest BCUT2D eigenvalue weighted by Crippen LogP contribution is -2.22. The normalized spacial score (nSPS) is 10.6. The van der Waals surface area contributed by atoms with Crippen molar-refractivity contribution in [2.45, 2.75) is 6.92 Å². The maximum Gasteiger partial charge on any atom is 0.272 e. The number of ether oxygens (including phenoxy) is 1. The van der Waals surface area contributed by atoms with Crippen molar-refractivity contribution < 1.29 is 14.3 Å². The van der Waals surface area contributed by atoms with Gasteiger partial charge in [0.1, 0.15) is 11.4 Å². The maximum atomic E-state index is 12.7. The minimum atomic E-state index is -0.346. The number of anilines is 2. The molecule has 0 fully saturated rings. The molecule has 31 heavy (non-hydrogen) atoms. The number of aromatic amines is 1. The maximum absolute atomic E-state index is 12.7. The summed E-state index contributed by atoms with van der Waals surface area (Å²) in [5.74, 6) is -0.0625. The molecule has 4 aromatic rings. The first-order valence-corrected chi connectivity index (χ1v) is 10.0. The summed E-state index contributed by atoms with van der Waals surface area (Å²) in [7, 11) is 0. The SMILES string of the molecule is Cc1cc(Cl)ccc1OCC(=O)Nc1ccccc1NC(=O)c1cc2ccccc2[nH]1. The van der Waals surface area contributed by atoms with E-state index in [0.29, 0.717) is 27.8 Å². The zero-order valence-electron chi connectivity index (χ0n) is 16.7. The quantitative estimate of drug-likeness (QED) is 0.380. The highest BCUT2D eigenvalue weighted by molar-refractivity contribution is 6.30. The van der Waals surface area contributed by atoms with Gasteiger partial charge >= 0.3 is 0 Å². The average molecular weight is 434 g/mol. The van der Waals surface area contributed by atoms with Crippen LogP contribution in [0.4, 0.5) is 11.4 Å². The number of nitrogens with one attached hydrogen (secondary N) is 3. The van der Waals surface area contributed by atoms with Crippen molar-refractivity contribution in [1.29, 1.82) is 0 Å². The van der Waals surface area contributed by atoms with Crippen molar-refractivity contribution in [3.63, 3.8) is 0 Å². The number of aryl methyl sites for hydroxylation is 1. The van der Waals surface area contributed by atoms with Crippen molar-refractivity contribution >= 4 is 45.7 Å². The van der Waals surface area contributed by atoms with Crippen LogP contribution in [-0.4, -0.2) is 23.4 Å². The first-order valence-electron chi connectivity index (χ1n) is 9.66. The summed E-state index contributed by atoms with van der Waals surface area (Å²) in [6, 6.07) is 21.6. The molecule has 0 saturated heterocycles. The lowest BCUT2D eigenvalue weighted by atomic mass is 10.2. The van der Waals surface area contributed by atoms with E-state index in [2.05, 4.69) is 15.6 Å². The smallest absolute Gasteiger partial charge is 0.272 e. The Hall–Kier alpha value is -3.77. The Morgan fingerprint density at radius 2 is 1.65 bits per heavy atom. The van der Waals surface area contributed by atoms with Crippen LogP contribution in [0.1, 0.15) is 16.1 Å². The Balaban J connectivity index is 1.43. The van der Waals surface area contributed by atoms with Crippen LogP contribution >= 0.6 is 11.6 Å². The van der Waals surface area contributed by atoms with E-state index in [4.69, 9.17) is 16.3 Å². The minimum absolute atomic E-state index is 0.174. The summed E-state index contributed by atoms with van der Waals surface area (Å²) in [6.07, 6.45) is 0. The topological polar surface area (TPSA) is 83.2 Å². The summed E-state index contributed by atoms with van der Waals surface area (Å²) < 4.78 is 5.59. The van der Waals surface area contributed by atoms with Gasteiger partial charge in [0.05, 0.1) is 11.4 Å². The molecule has 0 radical (unpaired) electrons. The van der Waals surface area contributed by atoms with Crippen molar-refractivity contribution in [2.75, 3.05) is 17.2 Å². The Kier molecular flexibility index (Phi) is 5.91. The minimum Gasteiger partial charge on any atom is -0.483 e. The number of aromatic nitrogens is 1. The van der Waals surface area contributed by atoms with E-state index >= 15 is 0 Å². The van der Waals surface area contributed by atoms with Gasteiger partial charge in [-0.3, -0.25) is 9.59 Å². The molecule has 2 amide bonds. The van der Waals surface area contributed by atoms with E-state index in [-0.39, 0.29) is 18.4 Å². The number of hydrogen-bond donors (Lipinski definition) is 3. The number of benzene rings is 3. The number of halogens is 1. The third-order valence-corrected chi connectivity index (χ3v) is 4.95. The van der Waals surface area contributed by atoms with E-state index < -0.39 is 0 Å². The third-order valence-electron chi connectivity index (χ3n) is 4.72. The van der Waals surface area contributed by atoms with E-state index in [1.807, 2.05) is 31.2 Å². The number of hydrogen-bond acceptors (Lipinski definition) is 3. The number of carbonyl (C=O) groups excluding carboxylic acids is 2. The van der Waals surface area contributed by atoms with Gasteiger partial charge in [-0.2, -0.15) is 0 Å². The van der Waals surface area contributed by atoms with Gasteiger partial charge in [-0.05, 0) is 55.0 Å². The van der Waals surface area contributed by atoms with E-state index in [1.165, 1.54) is 0 Å². The number of para-hydroxylation sites is 3. The van der Waals surface area contributed by atoms with Crippen LogP contribution < -0.4 is 15.4 Å². The second kappa shape index (κ2) is 8.93. The summed E-state index contributed by atoms with van der Waals surface area (Å²) in [5, 5.41) is 7.18. The molecule has 7 heteroatoms. The summed E-state index contributed by atoms with van der Waals surface area (Å²) in [5.41, 5.74) is 3.12. The van der Waals surface area contributed by atoms with Gasteiger partial charge in [-0.25, -0.2) is 0 Å². The largest absolute Gasteiger partial charge is 0.483 e. The molecule has 0 bridgehead atoms. The first kappa shape index (κ1) is 20.5. The second-order valence-corrected chi connectivity index (χ2v) is 7.45. The van der Waals surface area contributed by atoms with Gasteiger partial charge < -0.3 is 20.4 Å². The molecular weight excluding hydrogens is 414 g/mol. The molecule has 0 atom stereocenters. The lowest BCUT2D eigenvalue weighted by Gasteiger charge is -2.13. The van der Waals surface area contributed by atoms with Crippen LogP contribution in [0.5, 0.6) is 5.75 Å². The van der Waals surface area contributed by atoms with Gasteiger partial charge in [0.25, 0.3) is 11.8 Å². The Bertz CT molecular complexity index is 1230. The predicted molar refractivity (Wildman–Crippen MR) is 123 cm³/mol. The molecule has 0 aliphatic rings. The Labute approximate surface area is 184 Å². The molecule has 1 heterocycles. The van der Waals surface area contributed by atoms with Crippen molar-refractivity contribution in [3.8, 4) is 5.75 Å². The molecule has 3 N–H and O–H groups in total. The van der Waals surface area contributed by atoms with E-state index in [9.17, 15) is 9.59 Å². The van der Waals surface area contributed by atoms with Crippen LogP contribution in [0.3, 0.4) is 0 Å². The van der Waals surface area contributed by atoms with Crippen LogP contribution in [0.25, 0.3) is 10.9 Å². The molecular formula is C24H20ClN3O3. The molecule has 0 unspecified atom stereocenters. The van der Waals surface area contributed by atoms with E-state index in [1.54, 1.807) is 48.5 Å². The van der Waals surface area contributed by atoms with Gasteiger partial charge in [-0.1, -0.05) is 41.9 Å². The van der Waals surface area contributed by atoms with Gasteiger partial charge in [0.15, 0.2) is 6.61 Å². The highest BCUT2D eigenvalue weighted by Crippen LogP contribution is 2.24. The summed E-state index contributed by atoms with van der Waals surface area (Å²) in [6.45, 7) is 1.68. The predicted octanol–water partition coefficient (Wildman–Crippen LogP) is 5.40. The summed E-state index contributed by atoms with van der Waals surface area (Å²) in [4.78, 5) is 28.2. The molecule has 4 rings (SSSR count). The number of amides is 2. The number of carbonyl (C=O) groups is 2. The molecule has 1 aromatic heterocycles. The molecule has 0 aliphatic carbocycles. The monoisotopic (exact) mass is 433 g/mol. The van der Waals surface area contributed by atoms with Gasteiger partial charge in [0.2, 0.25) is 0 Å². The van der Waals surface area contributed by atoms with Gasteiger partial charge in [0, 0.05) is 15.9 Å². The molecule has 0 spiro atoms. The number of fused-ring (bicyclic) bond motifs is 1. The zero-order chi connectivity index (χ0) is 21.8. The third kappa shape index (κ3) is 4.87. The van der Waals surface area contributed by atoms with Gasteiger partial charge in [-0.15, -0.1) is 0 Å². The highest BCUT2D eigenvalue weighted by atomic mass is 35.5. The Morgan fingerprint density at radius 3 is 2.39 bits per heavy atom. The lowest BCUT2D eigenvalue weighted by molar-refractivity contribution is -0.118. The molecule has 0 aliphatic heterocycles. The molecule has 0 saturated carbocycles. The molecule has 6 nitrogen and oxygen atoms in total. The van der Waals surface area contributed by atoms with E-state index in [0.717, 1.165) is 16.5 Å².